The molecule has 4 atom stereocenters. The van der Waals surface area contributed by atoms with E-state index in [-0.39, 0.29) is 0 Å². The average Bonchev–Trinajstić information content (AvgIpc) is 2.62. The van der Waals surface area contributed by atoms with E-state index in [1.165, 1.54) is 43.3 Å². The molecule has 3 unspecified atom stereocenters. The summed E-state index contributed by atoms with van der Waals surface area (Å²) < 4.78 is 5.41. The number of ether oxygens (including phenoxy) is 1. The molecule has 3 saturated heterocycles. The zero-order valence-electron chi connectivity index (χ0n) is 14.2. The van der Waals surface area contributed by atoms with Crippen molar-refractivity contribution in [1.29, 1.82) is 0 Å². The number of nitrogens with zero attached hydrogens (tertiary/aromatic N) is 2. The lowest BCUT2D eigenvalue weighted by Crippen LogP contribution is -2.53. The molecule has 2 aromatic rings. The van der Waals surface area contributed by atoms with E-state index in [9.17, 15) is 0 Å². The molecule has 0 radical (unpaired) electrons. The standard InChI is InChI=1S/C20H26N2O/c1-3-14-13-22-9-7-15(14)10-17(22)11-16-6-8-21-20-5-4-18(23-2)12-19(16)20/h4-6,8,12,14-15,17H,3,7,9-11,13H2,1-2H3/t14?,15?,17-/m1/s1. The molecule has 5 rings (SSSR count). The molecule has 1 aromatic carbocycles. The summed E-state index contributed by atoms with van der Waals surface area (Å²) in [4.78, 5) is 7.25. The molecule has 1 aromatic heterocycles. The minimum absolute atomic E-state index is 0.702. The second-order valence-electron chi connectivity index (χ2n) is 7.16. The number of benzene rings is 1. The van der Waals surface area contributed by atoms with Crippen molar-refractivity contribution in [2.24, 2.45) is 11.8 Å². The van der Waals surface area contributed by atoms with E-state index in [0.717, 1.165) is 29.5 Å². The van der Waals surface area contributed by atoms with Crippen molar-refractivity contribution in [3.05, 3.63) is 36.0 Å². The summed E-state index contributed by atoms with van der Waals surface area (Å²) in [5.41, 5.74) is 2.49. The van der Waals surface area contributed by atoms with Crippen LogP contribution >= 0.6 is 0 Å². The van der Waals surface area contributed by atoms with Crippen molar-refractivity contribution in [3.63, 3.8) is 0 Å². The van der Waals surface area contributed by atoms with Gasteiger partial charge in [-0.15, -0.1) is 0 Å². The van der Waals surface area contributed by atoms with Gasteiger partial charge in [0, 0.05) is 24.2 Å². The normalized spacial score (nSPS) is 29.8. The quantitative estimate of drug-likeness (QED) is 0.856. The first-order chi connectivity index (χ1) is 11.3. The zero-order valence-corrected chi connectivity index (χ0v) is 14.2. The number of fused-ring (bicyclic) bond motifs is 4. The Labute approximate surface area is 138 Å². The number of methoxy groups -OCH3 is 1. The number of rotatable bonds is 4. The zero-order chi connectivity index (χ0) is 15.8. The minimum Gasteiger partial charge on any atom is -0.497 e. The molecule has 0 amide bonds. The van der Waals surface area contributed by atoms with Gasteiger partial charge in [0.05, 0.1) is 12.6 Å². The summed E-state index contributed by atoms with van der Waals surface area (Å²) in [5.74, 6) is 2.79. The first-order valence-electron chi connectivity index (χ1n) is 8.94. The molecule has 4 heterocycles. The Morgan fingerprint density at radius 1 is 1.30 bits per heavy atom. The van der Waals surface area contributed by atoms with Crippen LogP contribution in [0, 0.1) is 11.8 Å². The Morgan fingerprint density at radius 2 is 2.22 bits per heavy atom. The maximum absolute atomic E-state index is 5.41. The third-order valence-corrected chi connectivity index (χ3v) is 6.03. The van der Waals surface area contributed by atoms with E-state index in [4.69, 9.17) is 4.74 Å². The van der Waals surface area contributed by atoms with E-state index < -0.39 is 0 Å². The second-order valence-corrected chi connectivity index (χ2v) is 7.16. The van der Waals surface area contributed by atoms with E-state index in [2.05, 4.69) is 35.0 Å². The van der Waals surface area contributed by atoms with Gasteiger partial charge in [-0.1, -0.05) is 13.3 Å². The Morgan fingerprint density at radius 3 is 2.96 bits per heavy atom. The summed E-state index contributed by atoms with van der Waals surface area (Å²) in [7, 11) is 1.73. The van der Waals surface area contributed by atoms with Gasteiger partial charge in [0.1, 0.15) is 5.75 Å². The van der Waals surface area contributed by atoms with E-state index >= 15 is 0 Å². The lowest BCUT2D eigenvalue weighted by Gasteiger charge is -2.50. The maximum atomic E-state index is 5.41. The summed E-state index contributed by atoms with van der Waals surface area (Å²) in [6.45, 7) is 4.94. The largest absolute Gasteiger partial charge is 0.497 e. The van der Waals surface area contributed by atoms with Gasteiger partial charge in [0.2, 0.25) is 0 Å². The van der Waals surface area contributed by atoms with Gasteiger partial charge < -0.3 is 4.74 Å². The van der Waals surface area contributed by atoms with Crippen molar-refractivity contribution >= 4 is 10.9 Å². The van der Waals surface area contributed by atoms with Gasteiger partial charge in [0.15, 0.2) is 0 Å². The smallest absolute Gasteiger partial charge is 0.119 e. The molecule has 3 aliphatic heterocycles. The number of pyridine rings is 1. The number of aromatic nitrogens is 1. The fourth-order valence-corrected chi connectivity index (χ4v) is 4.67. The lowest BCUT2D eigenvalue weighted by molar-refractivity contribution is 0.000317. The molecule has 122 valence electrons. The summed E-state index contributed by atoms with van der Waals surface area (Å²) >= 11 is 0. The van der Waals surface area contributed by atoms with Crippen LogP contribution in [0.3, 0.4) is 0 Å². The maximum Gasteiger partial charge on any atom is 0.119 e. The second kappa shape index (κ2) is 6.12. The van der Waals surface area contributed by atoms with Crippen LogP contribution in [0.5, 0.6) is 5.75 Å². The molecular weight excluding hydrogens is 284 g/mol. The van der Waals surface area contributed by atoms with Crippen molar-refractivity contribution in [2.75, 3.05) is 20.2 Å². The molecule has 3 aliphatic rings. The highest BCUT2D eigenvalue weighted by Gasteiger charge is 2.39. The van der Waals surface area contributed by atoms with Crippen LogP contribution in [0.15, 0.2) is 30.5 Å². The van der Waals surface area contributed by atoms with Crippen molar-refractivity contribution < 1.29 is 4.74 Å². The summed E-state index contributed by atoms with van der Waals surface area (Å²) in [5, 5.41) is 1.25. The third-order valence-electron chi connectivity index (χ3n) is 6.03. The molecule has 3 nitrogen and oxygen atoms in total. The summed E-state index contributed by atoms with van der Waals surface area (Å²) in [6.07, 6.45) is 7.20. The highest BCUT2D eigenvalue weighted by molar-refractivity contribution is 5.83. The average molecular weight is 310 g/mol. The van der Waals surface area contributed by atoms with E-state index in [0.29, 0.717) is 6.04 Å². The van der Waals surface area contributed by atoms with Crippen LogP contribution in [0.2, 0.25) is 0 Å². The third kappa shape index (κ3) is 2.72. The van der Waals surface area contributed by atoms with Crippen LogP contribution in [0.4, 0.5) is 0 Å². The molecule has 0 aliphatic carbocycles. The monoisotopic (exact) mass is 310 g/mol. The molecule has 0 saturated carbocycles. The molecule has 2 bridgehead atoms. The fourth-order valence-electron chi connectivity index (χ4n) is 4.67. The highest BCUT2D eigenvalue weighted by atomic mass is 16.5. The Hall–Kier alpha value is -1.61. The van der Waals surface area contributed by atoms with Gasteiger partial charge >= 0.3 is 0 Å². The highest BCUT2D eigenvalue weighted by Crippen LogP contribution is 2.39. The van der Waals surface area contributed by atoms with Gasteiger partial charge in [0.25, 0.3) is 0 Å². The van der Waals surface area contributed by atoms with E-state index in [1.54, 1.807) is 7.11 Å². The van der Waals surface area contributed by atoms with Gasteiger partial charge in [-0.2, -0.15) is 0 Å². The Balaban J connectivity index is 1.61. The van der Waals surface area contributed by atoms with Crippen LogP contribution < -0.4 is 4.74 Å². The number of hydrogen-bond acceptors (Lipinski definition) is 3. The van der Waals surface area contributed by atoms with Crippen molar-refractivity contribution in [2.45, 2.75) is 38.6 Å². The number of hydrogen-bond donors (Lipinski definition) is 0. The fraction of sp³-hybridized carbons (Fsp3) is 0.550. The Bertz CT molecular complexity index is 699. The predicted molar refractivity (Wildman–Crippen MR) is 93.9 cm³/mol. The van der Waals surface area contributed by atoms with E-state index in [1.807, 2.05) is 12.3 Å². The number of piperidine rings is 3. The SMILES string of the molecule is CCC1CN2CCC1C[C@@H]2Cc1ccnc2ccc(OC)cc12. The minimum atomic E-state index is 0.702. The molecule has 3 fully saturated rings. The van der Waals surface area contributed by atoms with Crippen LogP contribution in [-0.2, 0) is 6.42 Å². The molecular formula is C20H26N2O. The van der Waals surface area contributed by atoms with Gasteiger partial charge in [-0.25, -0.2) is 0 Å². The van der Waals surface area contributed by atoms with Gasteiger partial charge in [-0.05, 0) is 67.5 Å². The first-order valence-corrected chi connectivity index (χ1v) is 8.94. The van der Waals surface area contributed by atoms with Gasteiger partial charge in [-0.3, -0.25) is 9.88 Å². The lowest BCUT2D eigenvalue weighted by atomic mass is 9.73. The molecule has 0 N–H and O–H groups in total. The van der Waals surface area contributed by atoms with Crippen LogP contribution in [-0.4, -0.2) is 36.1 Å². The molecule has 23 heavy (non-hydrogen) atoms. The Kier molecular flexibility index (Phi) is 3.98. The van der Waals surface area contributed by atoms with Crippen LogP contribution in [0.1, 0.15) is 31.7 Å². The van der Waals surface area contributed by atoms with Crippen molar-refractivity contribution in [1.82, 2.24) is 9.88 Å². The predicted octanol–water partition coefficient (Wildman–Crippen LogP) is 3.91. The topological polar surface area (TPSA) is 25.4 Å². The summed E-state index contributed by atoms with van der Waals surface area (Å²) in [6, 6.07) is 9.11. The first kappa shape index (κ1) is 14.9. The van der Waals surface area contributed by atoms with Crippen molar-refractivity contribution in [3.8, 4) is 5.75 Å². The molecule has 3 heteroatoms. The van der Waals surface area contributed by atoms with Crippen LogP contribution in [0.25, 0.3) is 10.9 Å². The molecule has 0 spiro atoms.